The molecular formula is C21H39NSi. The third kappa shape index (κ3) is 5.32. The van der Waals surface area contributed by atoms with E-state index >= 15 is 0 Å². The predicted molar refractivity (Wildman–Crippen MR) is 106 cm³/mol. The molecular weight excluding hydrogens is 294 g/mol. The van der Waals surface area contributed by atoms with Gasteiger partial charge in [-0.15, -0.1) is 0 Å². The maximum atomic E-state index is 4.18. The minimum Gasteiger partial charge on any atom is -0.334 e. The molecule has 1 saturated carbocycles. The molecule has 0 spiro atoms. The molecule has 0 bridgehead atoms. The highest BCUT2D eigenvalue weighted by Crippen LogP contribution is 2.47. The van der Waals surface area contributed by atoms with E-state index in [1.54, 1.807) is 0 Å². The molecule has 0 aromatic carbocycles. The van der Waals surface area contributed by atoms with Gasteiger partial charge in [-0.2, -0.15) is 0 Å². The van der Waals surface area contributed by atoms with E-state index in [0.29, 0.717) is 5.04 Å². The maximum Gasteiger partial charge on any atom is 0.133 e. The van der Waals surface area contributed by atoms with Crippen molar-refractivity contribution in [1.82, 2.24) is 4.98 Å². The molecule has 0 amide bonds. The Morgan fingerprint density at radius 1 is 0.913 bits per heavy atom. The maximum absolute atomic E-state index is 4.18. The first-order valence-corrected chi connectivity index (χ1v) is 13.2. The first-order chi connectivity index (χ1) is 11.1. The van der Waals surface area contributed by atoms with Crippen molar-refractivity contribution in [1.29, 1.82) is 0 Å². The molecule has 1 nitrogen and oxygen atoms in total. The van der Waals surface area contributed by atoms with Gasteiger partial charge in [-0.1, -0.05) is 102 Å². The molecule has 132 valence electrons. The second-order valence-corrected chi connectivity index (χ2v) is 12.9. The summed E-state index contributed by atoms with van der Waals surface area (Å²) in [6, 6.07) is 0.786. The summed E-state index contributed by atoms with van der Waals surface area (Å²) in [4.78, 5) is 4.18. The zero-order valence-corrected chi connectivity index (χ0v) is 16.9. The SMILES string of the molecule is CCCCCCCCC1([Si](C)(C)NC2CCCCC2)C=CC=C1. The standard InChI is InChI=1S/C21H39NSi/c1-4-5-6-7-8-12-17-21(18-13-14-19-21)23(2,3)22-20-15-10-9-11-16-20/h13-14,18-20,22H,4-12,15-17H2,1-3H3. The number of rotatable bonds is 10. The molecule has 1 N–H and O–H groups in total. The topological polar surface area (TPSA) is 12.0 Å². The summed E-state index contributed by atoms with van der Waals surface area (Å²) in [6.45, 7) is 7.44. The predicted octanol–water partition coefficient (Wildman–Crippen LogP) is 6.73. The Bertz CT molecular complexity index is 379. The Morgan fingerprint density at radius 2 is 1.52 bits per heavy atom. The lowest BCUT2D eigenvalue weighted by Crippen LogP contribution is -2.57. The summed E-state index contributed by atoms with van der Waals surface area (Å²) in [5.41, 5.74) is 0. The average Bonchev–Trinajstić information content (AvgIpc) is 3.02. The molecule has 0 aromatic heterocycles. The van der Waals surface area contributed by atoms with E-state index < -0.39 is 8.24 Å². The monoisotopic (exact) mass is 333 g/mol. The van der Waals surface area contributed by atoms with Gasteiger partial charge in [-0.05, 0) is 19.3 Å². The highest BCUT2D eigenvalue weighted by Gasteiger charge is 2.44. The van der Waals surface area contributed by atoms with Gasteiger partial charge in [0.05, 0.1) is 0 Å². The van der Waals surface area contributed by atoms with Crippen LogP contribution in [0, 0.1) is 0 Å². The van der Waals surface area contributed by atoms with E-state index in [2.05, 4.69) is 49.3 Å². The molecule has 2 heteroatoms. The normalized spacial score (nSPS) is 21.2. The van der Waals surface area contributed by atoms with E-state index in [-0.39, 0.29) is 0 Å². The van der Waals surface area contributed by atoms with Gasteiger partial charge < -0.3 is 4.98 Å². The Hall–Kier alpha value is -0.343. The van der Waals surface area contributed by atoms with Gasteiger partial charge in [0.1, 0.15) is 8.24 Å². The van der Waals surface area contributed by atoms with E-state index in [9.17, 15) is 0 Å². The van der Waals surface area contributed by atoms with Crippen molar-refractivity contribution in [3.63, 3.8) is 0 Å². The quantitative estimate of drug-likeness (QED) is 0.345. The number of allylic oxidation sites excluding steroid dienone is 4. The third-order valence-electron chi connectivity index (χ3n) is 6.18. The van der Waals surface area contributed by atoms with Gasteiger partial charge in [0.25, 0.3) is 0 Å². The van der Waals surface area contributed by atoms with Crippen LogP contribution >= 0.6 is 0 Å². The second kappa shape index (κ2) is 9.22. The van der Waals surface area contributed by atoms with Crippen molar-refractivity contribution in [2.75, 3.05) is 0 Å². The van der Waals surface area contributed by atoms with Crippen LogP contribution in [0.2, 0.25) is 18.1 Å². The summed E-state index contributed by atoms with van der Waals surface area (Å²) >= 11 is 0. The van der Waals surface area contributed by atoms with Crippen molar-refractivity contribution in [3.8, 4) is 0 Å². The molecule has 1 fully saturated rings. The van der Waals surface area contributed by atoms with Crippen LogP contribution in [-0.2, 0) is 0 Å². The average molecular weight is 334 g/mol. The van der Waals surface area contributed by atoms with Crippen molar-refractivity contribution >= 4 is 8.24 Å². The Morgan fingerprint density at radius 3 is 2.17 bits per heavy atom. The van der Waals surface area contributed by atoms with Crippen LogP contribution in [0.5, 0.6) is 0 Å². The third-order valence-corrected chi connectivity index (χ3v) is 10.2. The van der Waals surface area contributed by atoms with Crippen LogP contribution in [0.15, 0.2) is 24.3 Å². The van der Waals surface area contributed by atoms with Crippen molar-refractivity contribution < 1.29 is 0 Å². The lowest BCUT2D eigenvalue weighted by atomic mass is 9.96. The molecule has 0 atom stereocenters. The molecule has 2 aliphatic rings. The van der Waals surface area contributed by atoms with Gasteiger partial charge in [0.15, 0.2) is 0 Å². The molecule has 0 radical (unpaired) electrons. The van der Waals surface area contributed by atoms with Crippen LogP contribution in [0.4, 0.5) is 0 Å². The number of hydrogen-bond acceptors (Lipinski definition) is 1. The lowest BCUT2D eigenvalue weighted by molar-refractivity contribution is 0.409. The summed E-state index contributed by atoms with van der Waals surface area (Å²) in [6.07, 6.45) is 26.5. The van der Waals surface area contributed by atoms with Gasteiger partial charge >= 0.3 is 0 Å². The van der Waals surface area contributed by atoms with Crippen molar-refractivity contribution in [2.24, 2.45) is 0 Å². The molecule has 0 saturated heterocycles. The first-order valence-electron chi connectivity index (χ1n) is 10.2. The van der Waals surface area contributed by atoms with E-state index in [0.717, 1.165) is 6.04 Å². The van der Waals surface area contributed by atoms with E-state index in [1.165, 1.54) is 77.0 Å². The fourth-order valence-electron chi connectivity index (χ4n) is 4.50. The van der Waals surface area contributed by atoms with Crippen LogP contribution in [0.3, 0.4) is 0 Å². The van der Waals surface area contributed by atoms with Crippen molar-refractivity contribution in [3.05, 3.63) is 24.3 Å². The first kappa shape index (κ1) is 19.0. The minimum atomic E-state index is -1.51. The van der Waals surface area contributed by atoms with Crippen LogP contribution < -0.4 is 4.98 Å². The van der Waals surface area contributed by atoms with Crippen LogP contribution in [0.25, 0.3) is 0 Å². The van der Waals surface area contributed by atoms with Gasteiger partial charge in [0, 0.05) is 11.1 Å². The fraction of sp³-hybridized carbons (Fsp3) is 0.810. The zero-order chi connectivity index (χ0) is 16.6. The number of unbranched alkanes of at least 4 members (excludes halogenated alkanes) is 5. The number of nitrogens with one attached hydrogen (secondary N) is 1. The molecule has 0 aromatic rings. The van der Waals surface area contributed by atoms with E-state index in [4.69, 9.17) is 0 Å². The summed E-state index contributed by atoms with van der Waals surface area (Å²) in [7, 11) is -1.51. The Labute approximate surface area is 146 Å². The van der Waals surface area contributed by atoms with Gasteiger partial charge in [-0.25, -0.2) is 0 Å². The molecule has 2 aliphatic carbocycles. The highest BCUT2D eigenvalue weighted by molar-refractivity contribution is 6.79. The van der Waals surface area contributed by atoms with Gasteiger partial charge in [0.2, 0.25) is 0 Å². The van der Waals surface area contributed by atoms with Crippen LogP contribution in [-0.4, -0.2) is 14.3 Å². The molecule has 0 heterocycles. The second-order valence-electron chi connectivity index (χ2n) is 8.38. The fourth-order valence-corrected chi connectivity index (χ4v) is 7.90. The summed E-state index contributed by atoms with van der Waals surface area (Å²) in [5, 5.41) is 0.356. The number of hydrogen-bond donors (Lipinski definition) is 1. The molecule has 0 aliphatic heterocycles. The zero-order valence-electron chi connectivity index (χ0n) is 15.9. The lowest BCUT2D eigenvalue weighted by Gasteiger charge is -2.44. The smallest absolute Gasteiger partial charge is 0.133 e. The minimum absolute atomic E-state index is 0.356. The molecule has 2 rings (SSSR count). The Kier molecular flexibility index (Phi) is 7.61. The summed E-state index contributed by atoms with van der Waals surface area (Å²) in [5.74, 6) is 0. The molecule has 0 unspecified atom stereocenters. The Balaban J connectivity index is 1.87. The van der Waals surface area contributed by atoms with E-state index in [1.807, 2.05) is 0 Å². The van der Waals surface area contributed by atoms with Crippen molar-refractivity contribution in [2.45, 2.75) is 108 Å². The highest BCUT2D eigenvalue weighted by atomic mass is 28.3. The summed E-state index contributed by atoms with van der Waals surface area (Å²) < 4.78 is 0. The largest absolute Gasteiger partial charge is 0.334 e. The van der Waals surface area contributed by atoms with Gasteiger partial charge in [-0.3, -0.25) is 0 Å². The molecule has 23 heavy (non-hydrogen) atoms. The van der Waals surface area contributed by atoms with Crippen LogP contribution in [0.1, 0.15) is 84.0 Å².